The maximum atomic E-state index is 12.8. The first-order valence-electron chi connectivity index (χ1n) is 42.3. The maximum Gasteiger partial charge on any atom is 0.335 e. The summed E-state index contributed by atoms with van der Waals surface area (Å²) >= 11 is 67.5. The van der Waals surface area contributed by atoms with Gasteiger partial charge in [-0.2, -0.15) is 0 Å². The summed E-state index contributed by atoms with van der Waals surface area (Å²) in [5, 5.41) is 45.9. The Balaban J connectivity index is 0.000000226. The number of aliphatic imine (C=N–C) groups is 4. The number of nitrogens with one attached hydrogen (secondary N) is 2. The van der Waals surface area contributed by atoms with Crippen molar-refractivity contribution in [2.24, 2.45) is 20.0 Å². The Morgan fingerprint density at radius 1 is 0.375 bits per heavy atom. The van der Waals surface area contributed by atoms with E-state index < -0.39 is 55.0 Å². The fourth-order valence-electron chi connectivity index (χ4n) is 13.4. The van der Waals surface area contributed by atoms with Crippen molar-refractivity contribution in [2.45, 2.75) is 71.1 Å². The second-order valence-electron chi connectivity index (χ2n) is 30.1. The van der Waals surface area contributed by atoms with Gasteiger partial charge in [-0.05, 0) is 174 Å². The van der Waals surface area contributed by atoms with Crippen LogP contribution in [0.1, 0.15) is 81.1 Å². The molecule has 4 aliphatic rings. The van der Waals surface area contributed by atoms with E-state index in [2.05, 4.69) is 197 Å². The fourth-order valence-corrected chi connectivity index (χ4v) is 15.3. The van der Waals surface area contributed by atoms with E-state index in [9.17, 15) is 39.3 Å². The molecule has 0 saturated heterocycles. The molecule has 12 aromatic carbocycles. The van der Waals surface area contributed by atoms with Gasteiger partial charge in [-0.15, -0.1) is 0 Å². The number of amides is 2. The first kappa shape index (κ1) is 124. The van der Waals surface area contributed by atoms with Gasteiger partial charge in [-0.3, -0.25) is 34.5 Å². The molecule has 0 aliphatic carbocycles. The van der Waals surface area contributed by atoms with E-state index >= 15 is 0 Å². The number of halogens is 17. The topological polar surface area (TPSA) is 323 Å². The predicted molar refractivity (Wildman–Crippen MR) is 634 cm³/mol. The third-order valence-corrected chi connectivity index (χ3v) is 22.6. The fraction of sp³-hybridized carbons (Fsp3) is 0.196. The Labute approximate surface area is 997 Å². The average molecular weight is 3160 g/mol. The van der Waals surface area contributed by atoms with Gasteiger partial charge in [0.05, 0.1) is 73.9 Å². The van der Waals surface area contributed by atoms with Gasteiger partial charge in [-0.1, -0.05) is 309 Å². The van der Waals surface area contributed by atoms with E-state index in [0.717, 1.165) is 90.9 Å². The van der Waals surface area contributed by atoms with Crippen molar-refractivity contribution in [3.8, 4) is 46.0 Å². The number of methoxy groups -OCH3 is 1. The van der Waals surface area contributed by atoms with Crippen LogP contribution in [-0.2, 0) is 85.0 Å². The number of fused-ring (bicyclic) bond motifs is 4. The van der Waals surface area contributed by atoms with Gasteiger partial charge in [0.25, 0.3) is 11.8 Å². The van der Waals surface area contributed by atoms with Gasteiger partial charge in [0.2, 0.25) is 0 Å². The Hall–Kier alpha value is -5.54. The number of aliphatic hydroxyl groups excluding tert-OH is 2. The number of para-hydroxylation sites is 4. The Morgan fingerprint density at radius 3 is 0.882 bits per heavy atom. The quantitative estimate of drug-likeness (QED) is 0.00963. The van der Waals surface area contributed by atoms with Crippen LogP contribution >= 0.6 is 266 Å². The Kier molecular flexibility index (Phi) is 56.4. The first-order valence-corrected chi connectivity index (χ1v) is 66.2. The van der Waals surface area contributed by atoms with Gasteiger partial charge in [0.1, 0.15) is 52.8 Å². The number of hydrogen-bond acceptors (Lipinski definition) is 20. The molecule has 144 heavy (non-hydrogen) atoms. The number of aliphatic hydroxyl groups is 2. The molecule has 4 heterocycles. The molecule has 2 unspecified atom stereocenters. The number of carbonyl (C=O) groups excluding carboxylic acids is 3. The molecule has 12 aromatic rings. The number of nitrogens with zero attached hydrogens (tertiary/aromatic N) is 4. The van der Waals surface area contributed by atoms with Crippen molar-refractivity contribution in [3.63, 3.8) is 0 Å². The maximum absolute atomic E-state index is 12.8. The minimum absolute atomic E-state index is 0. The van der Waals surface area contributed by atoms with Gasteiger partial charge in [0, 0.05) is 118 Å². The van der Waals surface area contributed by atoms with Crippen LogP contribution in [0.5, 0.6) is 46.0 Å². The van der Waals surface area contributed by atoms with Crippen molar-refractivity contribution in [2.75, 3.05) is 49.2 Å². The summed E-state index contributed by atoms with van der Waals surface area (Å²) in [6.45, 7) is 2.45. The van der Waals surface area contributed by atoms with Crippen LogP contribution in [-0.4, -0.2) is 134 Å². The summed E-state index contributed by atoms with van der Waals surface area (Å²) in [5.74, 6) is -0.999. The number of carboxylic acids is 2. The molecule has 2 atom stereocenters. The molecule has 0 aromatic heterocycles. The average Bonchev–Trinajstić information content (AvgIpc) is 1.63. The third-order valence-electron chi connectivity index (χ3n) is 20.3. The monoisotopic (exact) mass is 3160 g/mol. The molecule has 0 fully saturated rings. The summed E-state index contributed by atoms with van der Waals surface area (Å²) in [4.78, 5) is 81.4. The normalized spacial score (nSPS) is 12.1. The van der Waals surface area contributed by atoms with Crippen LogP contribution < -0.4 is 61.8 Å². The van der Waals surface area contributed by atoms with Crippen LogP contribution in [0.25, 0.3) is 0 Å². The number of alkyl halides is 5. The van der Waals surface area contributed by atoms with Crippen LogP contribution in [0, 0.1) is 11.9 Å². The van der Waals surface area contributed by atoms with Crippen LogP contribution in [0.15, 0.2) is 263 Å². The van der Waals surface area contributed by atoms with Crippen molar-refractivity contribution < 1.29 is 119 Å². The molecule has 0 spiro atoms. The number of aliphatic carboxylic acids is 1. The number of aromatic carboxylic acids is 1. The van der Waals surface area contributed by atoms with Crippen LogP contribution in [0.2, 0.25) is 40.2 Å². The molecule has 2 amide bonds. The number of carbonyl (C=O) groups is 5. The predicted octanol–water partition coefficient (Wildman–Crippen LogP) is 25.9. The van der Waals surface area contributed by atoms with Gasteiger partial charge in [0.15, 0.2) is 58.1 Å². The summed E-state index contributed by atoms with van der Waals surface area (Å²) in [5.41, 5.74) is 16.5. The summed E-state index contributed by atoms with van der Waals surface area (Å²) in [6, 6.07) is 69.2. The molecular weight excluding hydrogens is 3070 g/mol. The molecule has 0 bridgehead atoms. The smallest absolute Gasteiger partial charge is 0.335 e. The van der Waals surface area contributed by atoms with Crippen molar-refractivity contribution in [3.05, 3.63) is 355 Å². The second kappa shape index (κ2) is 65.7. The number of benzene rings is 12. The number of esters is 1. The van der Waals surface area contributed by atoms with Crippen molar-refractivity contribution in [1.82, 2.24) is 10.6 Å². The largest absolute Gasteiger partial charge is 0.485 e. The van der Waals surface area contributed by atoms with E-state index in [4.69, 9.17) is 136 Å². The minimum atomic E-state index is -1.43. The first-order chi connectivity index (χ1) is 68.8. The second-order valence-corrected chi connectivity index (χ2v) is 65.1. The molecule has 24 nitrogen and oxygen atoms in total. The minimum Gasteiger partial charge on any atom is -0.485 e. The molecule has 759 valence electrons. The number of ether oxygens (including phenoxy) is 9. The zero-order chi connectivity index (χ0) is 104. The Bertz CT molecular complexity index is 6520. The van der Waals surface area contributed by atoms with E-state index in [1.165, 1.54) is 51.5 Å². The van der Waals surface area contributed by atoms with Crippen LogP contribution in [0.3, 0.4) is 0 Å². The van der Waals surface area contributed by atoms with Gasteiger partial charge >= 0.3 is 68.4 Å². The summed E-state index contributed by atoms with van der Waals surface area (Å²) in [6.07, 6.45) is 2.82. The summed E-state index contributed by atoms with van der Waals surface area (Å²) in [7, 11) is 1.17. The van der Waals surface area contributed by atoms with Gasteiger partial charge < -0.3 is 96.3 Å². The molecule has 42 heteroatoms. The van der Waals surface area contributed by atoms with Crippen molar-refractivity contribution in [1.29, 1.82) is 0 Å². The molecule has 0 saturated carbocycles. The van der Waals surface area contributed by atoms with E-state index in [1.54, 1.807) is 84.9 Å². The van der Waals surface area contributed by atoms with E-state index in [-0.39, 0.29) is 80.6 Å². The molecule has 6 N–H and O–H groups in total. The molecule has 16 rings (SSSR count). The van der Waals surface area contributed by atoms with E-state index in [0.29, 0.717) is 132 Å². The van der Waals surface area contributed by atoms with Crippen molar-refractivity contribution >= 4 is 341 Å². The third kappa shape index (κ3) is 40.6. The molecule has 1 radical (unpaired) electrons. The number of aryl methyl sites for hydroxylation is 1. The number of hydrogen-bond donors (Lipinski definition) is 6. The zero-order valence-corrected chi connectivity index (χ0v) is 103. The zero-order valence-electron chi connectivity index (χ0n) is 75.8. The standard InChI is InChI=1S/C27H24Cl2N2O6.C26H22Cl2N2O6.C23H17Cl2NO4.C23H19Cl2NO2.CHI3.CH2I2.CH2I.I3.V/c1-35-27(34)23(13-32)31-26(33)17-7-9-24(36-14-18-6-8-19(28)12-21(18)29)25(11-17)37-15-20-10-16-4-2-3-5-22(16)30-20;27-18-7-5-17(20(28)11-18)13-35-23-8-6-16(25(32)30-22(12-31)26(33)34)10-24(23)36-14-19-9-15-3-1-2-4-21(15)29-19;24-17-7-5-16(19(25)11-17)12-29-21-8-6-15(23(27)28)10-22(21)30-13-18-9-14-3-1-2-4-20(14)26-18;1-15-6-9-22(27-13-17-7-8-18(24)12-20(17)25)23(10-15)28-14-19-11-16-4-2-3-5-21(16)26-19;2-1(3)4;2-1-3;1-2;1-3-2;/h2-9,11-12,23,32H,10,13-15H2,1H3,(H,31,33);1-8,10-11,22,31H,9,12-14H2,(H,30,32)(H,33,34);1-8,10-11H,9,12-13H2,(H,27,28);2-10,12H,11,13-14H2,1H3;1H;1H2;1H2;;/q;;;;;;2*-1;. The number of carboxylic acid groups (broad SMARTS) is 2. The summed E-state index contributed by atoms with van der Waals surface area (Å²) < 4.78 is 54.3. The van der Waals surface area contributed by atoms with Crippen LogP contribution in [0.4, 0.5) is 22.7 Å². The molecular formula is C102H87Cl8I9N6O18V-2. The van der Waals surface area contributed by atoms with E-state index in [1.807, 2.05) is 145 Å². The Morgan fingerprint density at radius 2 is 0.625 bits per heavy atom. The SMILES string of the molecule is COC(=O)C(CO)NC(=O)c1ccc(OCc2ccc(Cl)cc2Cl)c(OCC2=Nc3ccccc3C2)c1.Cc1ccc(OCc2ccc(Cl)cc2Cl)c(OCC2=Nc3ccccc3C2)c1.IC(I)I.ICI.I[I-]I.O=C(NC(CO)C(=O)O)c1ccc(OCc2ccc(Cl)cc2Cl)c(OCC2=Nc3ccccc3C2)c1.O=C(O)c1ccc(OCc2ccc(Cl)cc2Cl)c(OCC2=Nc3ccccc3C2)c1.[CH2-]I.[V]. The van der Waals surface area contributed by atoms with Gasteiger partial charge in [-0.25, -0.2) is 14.4 Å². The molecule has 4 aliphatic heterocycles. The number of rotatable bonds is 33.